The van der Waals surface area contributed by atoms with Crippen LogP contribution in [0, 0.1) is 5.92 Å². The number of hydrogen-bond donors (Lipinski definition) is 1. The standard InChI is InChI=1S/C13H19N3O2S/c1-8(2)11-12(17)15-9(3)13(18)16(11)5-4-10-6-19-7-14-10/h6-9,11H,4-5H2,1-3H3,(H,15,17). The fraction of sp³-hybridized carbons (Fsp3) is 0.615. The predicted molar refractivity (Wildman–Crippen MR) is 73.8 cm³/mol. The lowest BCUT2D eigenvalue weighted by molar-refractivity contribution is -0.150. The summed E-state index contributed by atoms with van der Waals surface area (Å²) in [7, 11) is 0. The molecule has 2 heterocycles. The first kappa shape index (κ1) is 14.0. The summed E-state index contributed by atoms with van der Waals surface area (Å²) in [6.45, 7) is 6.20. The van der Waals surface area contributed by atoms with Crippen LogP contribution in [0.15, 0.2) is 10.9 Å². The molecule has 2 unspecified atom stereocenters. The van der Waals surface area contributed by atoms with Crippen molar-refractivity contribution in [3.63, 3.8) is 0 Å². The van der Waals surface area contributed by atoms with E-state index in [1.54, 1.807) is 28.7 Å². The molecule has 0 spiro atoms. The number of carbonyl (C=O) groups is 2. The van der Waals surface area contributed by atoms with Crippen molar-refractivity contribution in [3.8, 4) is 0 Å². The zero-order valence-electron chi connectivity index (χ0n) is 11.4. The molecule has 0 aliphatic carbocycles. The van der Waals surface area contributed by atoms with Gasteiger partial charge >= 0.3 is 0 Å². The van der Waals surface area contributed by atoms with Gasteiger partial charge in [-0.15, -0.1) is 11.3 Å². The van der Waals surface area contributed by atoms with E-state index < -0.39 is 6.04 Å². The van der Waals surface area contributed by atoms with E-state index in [0.29, 0.717) is 13.0 Å². The number of aromatic nitrogens is 1. The summed E-state index contributed by atoms with van der Waals surface area (Å²) in [6.07, 6.45) is 0.693. The van der Waals surface area contributed by atoms with Crippen LogP contribution < -0.4 is 5.32 Å². The highest BCUT2D eigenvalue weighted by Crippen LogP contribution is 2.18. The number of rotatable bonds is 4. The van der Waals surface area contributed by atoms with E-state index in [9.17, 15) is 9.59 Å². The van der Waals surface area contributed by atoms with Gasteiger partial charge in [-0.2, -0.15) is 0 Å². The third kappa shape index (κ3) is 2.94. The van der Waals surface area contributed by atoms with Crippen LogP contribution in [0.4, 0.5) is 0 Å². The summed E-state index contributed by atoms with van der Waals surface area (Å²) in [5.74, 6) is 0.0424. The molecule has 0 radical (unpaired) electrons. The molecule has 104 valence electrons. The molecule has 1 saturated heterocycles. The van der Waals surface area contributed by atoms with Crippen LogP contribution in [-0.4, -0.2) is 40.3 Å². The Balaban J connectivity index is 2.11. The Hall–Kier alpha value is -1.43. The molecule has 5 nitrogen and oxygen atoms in total. The van der Waals surface area contributed by atoms with Gasteiger partial charge in [0.1, 0.15) is 12.1 Å². The Bertz CT molecular complexity index is 458. The lowest BCUT2D eigenvalue weighted by atomic mass is 9.97. The second kappa shape index (κ2) is 5.69. The number of nitrogens with zero attached hydrogens (tertiary/aromatic N) is 2. The Kier molecular flexibility index (Phi) is 4.19. The summed E-state index contributed by atoms with van der Waals surface area (Å²) < 4.78 is 0. The van der Waals surface area contributed by atoms with Crippen LogP contribution in [0.1, 0.15) is 26.5 Å². The van der Waals surface area contributed by atoms with E-state index in [1.165, 1.54) is 0 Å². The minimum atomic E-state index is -0.432. The van der Waals surface area contributed by atoms with Crippen LogP contribution >= 0.6 is 11.3 Å². The topological polar surface area (TPSA) is 62.3 Å². The maximum absolute atomic E-state index is 12.2. The van der Waals surface area contributed by atoms with Crippen molar-refractivity contribution in [2.75, 3.05) is 6.54 Å². The highest BCUT2D eigenvalue weighted by molar-refractivity contribution is 7.07. The zero-order chi connectivity index (χ0) is 14.0. The molecule has 1 fully saturated rings. The predicted octanol–water partition coefficient (Wildman–Crippen LogP) is 1.06. The van der Waals surface area contributed by atoms with Gasteiger partial charge in [-0.3, -0.25) is 9.59 Å². The van der Waals surface area contributed by atoms with E-state index in [4.69, 9.17) is 0 Å². The van der Waals surface area contributed by atoms with E-state index >= 15 is 0 Å². The van der Waals surface area contributed by atoms with Gasteiger partial charge in [-0.05, 0) is 12.8 Å². The Morgan fingerprint density at radius 1 is 1.47 bits per heavy atom. The molecule has 2 rings (SSSR count). The number of carbonyl (C=O) groups excluding carboxylic acids is 2. The van der Waals surface area contributed by atoms with E-state index in [-0.39, 0.29) is 23.8 Å². The summed E-state index contributed by atoms with van der Waals surface area (Å²) in [4.78, 5) is 30.2. The summed E-state index contributed by atoms with van der Waals surface area (Å²) in [6, 6.07) is -0.805. The first-order valence-electron chi connectivity index (χ1n) is 6.48. The largest absolute Gasteiger partial charge is 0.343 e. The average Bonchev–Trinajstić information content (AvgIpc) is 2.84. The molecule has 1 aliphatic heterocycles. The lowest BCUT2D eigenvalue weighted by Gasteiger charge is -2.39. The maximum atomic E-state index is 12.2. The number of nitrogens with one attached hydrogen (secondary N) is 1. The molecule has 1 aliphatic rings. The van der Waals surface area contributed by atoms with Gasteiger partial charge in [-0.25, -0.2) is 4.98 Å². The van der Waals surface area contributed by atoms with Crippen molar-refractivity contribution in [2.24, 2.45) is 5.92 Å². The first-order valence-corrected chi connectivity index (χ1v) is 7.43. The van der Waals surface area contributed by atoms with Crippen molar-refractivity contribution in [1.29, 1.82) is 0 Å². The van der Waals surface area contributed by atoms with E-state index in [2.05, 4.69) is 10.3 Å². The minimum absolute atomic E-state index is 0.00599. The van der Waals surface area contributed by atoms with Crippen molar-refractivity contribution in [2.45, 2.75) is 39.3 Å². The number of thiazole rings is 1. The smallest absolute Gasteiger partial charge is 0.245 e. The van der Waals surface area contributed by atoms with Crippen LogP contribution in [0.2, 0.25) is 0 Å². The maximum Gasteiger partial charge on any atom is 0.245 e. The molecular formula is C13H19N3O2S. The Morgan fingerprint density at radius 2 is 2.21 bits per heavy atom. The van der Waals surface area contributed by atoms with Crippen molar-refractivity contribution in [1.82, 2.24) is 15.2 Å². The molecule has 0 aromatic carbocycles. The quantitative estimate of drug-likeness (QED) is 0.897. The summed E-state index contributed by atoms with van der Waals surface area (Å²) in [5, 5.41) is 4.71. The van der Waals surface area contributed by atoms with E-state index in [0.717, 1.165) is 5.69 Å². The molecular weight excluding hydrogens is 262 g/mol. The van der Waals surface area contributed by atoms with Crippen LogP contribution in [0.25, 0.3) is 0 Å². The monoisotopic (exact) mass is 281 g/mol. The molecule has 2 amide bonds. The van der Waals surface area contributed by atoms with Crippen LogP contribution in [0.3, 0.4) is 0 Å². The van der Waals surface area contributed by atoms with Gasteiger partial charge < -0.3 is 10.2 Å². The van der Waals surface area contributed by atoms with Crippen molar-refractivity contribution in [3.05, 3.63) is 16.6 Å². The van der Waals surface area contributed by atoms with Gasteiger partial charge in [0.2, 0.25) is 11.8 Å². The summed E-state index contributed by atoms with van der Waals surface area (Å²) in [5.41, 5.74) is 2.75. The van der Waals surface area contributed by atoms with Crippen LogP contribution in [0.5, 0.6) is 0 Å². The number of amides is 2. The Morgan fingerprint density at radius 3 is 2.79 bits per heavy atom. The third-order valence-corrected chi connectivity index (χ3v) is 3.98. The highest BCUT2D eigenvalue weighted by atomic mass is 32.1. The second-order valence-corrected chi connectivity index (χ2v) is 5.90. The summed E-state index contributed by atoms with van der Waals surface area (Å²) >= 11 is 1.54. The molecule has 0 bridgehead atoms. The van der Waals surface area contributed by atoms with Gasteiger partial charge in [0.15, 0.2) is 0 Å². The first-order chi connectivity index (χ1) is 9.00. The van der Waals surface area contributed by atoms with Gasteiger partial charge in [0.25, 0.3) is 0 Å². The van der Waals surface area contributed by atoms with E-state index in [1.807, 2.05) is 19.2 Å². The Labute approximate surface area is 117 Å². The second-order valence-electron chi connectivity index (χ2n) is 5.18. The number of piperazine rings is 1. The van der Waals surface area contributed by atoms with Crippen molar-refractivity contribution < 1.29 is 9.59 Å². The third-order valence-electron chi connectivity index (χ3n) is 3.34. The molecule has 1 aromatic rings. The lowest BCUT2D eigenvalue weighted by Crippen LogP contribution is -2.64. The molecule has 2 atom stereocenters. The van der Waals surface area contributed by atoms with Crippen LogP contribution in [-0.2, 0) is 16.0 Å². The average molecular weight is 281 g/mol. The highest BCUT2D eigenvalue weighted by Gasteiger charge is 2.39. The molecule has 6 heteroatoms. The fourth-order valence-electron chi connectivity index (χ4n) is 2.40. The SMILES string of the molecule is CC1NC(=O)C(C(C)C)N(CCc2cscn2)C1=O. The van der Waals surface area contributed by atoms with Gasteiger partial charge in [0.05, 0.1) is 11.2 Å². The molecule has 1 aromatic heterocycles. The number of hydrogen-bond acceptors (Lipinski definition) is 4. The van der Waals surface area contributed by atoms with Gasteiger partial charge in [0, 0.05) is 18.3 Å². The fourth-order valence-corrected chi connectivity index (χ4v) is 2.99. The molecule has 0 saturated carbocycles. The normalized spacial score (nSPS) is 23.9. The zero-order valence-corrected chi connectivity index (χ0v) is 12.2. The van der Waals surface area contributed by atoms with Crippen molar-refractivity contribution >= 4 is 23.2 Å². The molecule has 19 heavy (non-hydrogen) atoms. The minimum Gasteiger partial charge on any atom is -0.343 e. The molecule has 1 N–H and O–H groups in total. The van der Waals surface area contributed by atoms with Gasteiger partial charge in [-0.1, -0.05) is 13.8 Å².